The van der Waals surface area contributed by atoms with E-state index in [0.29, 0.717) is 0 Å². The summed E-state index contributed by atoms with van der Waals surface area (Å²) in [7, 11) is 0. The van der Waals surface area contributed by atoms with Gasteiger partial charge < -0.3 is 33.9 Å². The maximum Gasteiger partial charge on any atom is 0.309 e. The van der Waals surface area contributed by atoms with Gasteiger partial charge in [-0.3, -0.25) is 28.8 Å². The first-order valence-electron chi connectivity index (χ1n) is 14.5. The summed E-state index contributed by atoms with van der Waals surface area (Å²) in [6.45, 7) is 3.15. The van der Waals surface area contributed by atoms with Crippen LogP contribution in [0.5, 0.6) is 11.5 Å². The van der Waals surface area contributed by atoms with Crippen molar-refractivity contribution in [2.45, 2.75) is 74.5 Å². The molecule has 45 heavy (non-hydrogen) atoms. The van der Waals surface area contributed by atoms with Gasteiger partial charge in [-0.2, -0.15) is 0 Å². The van der Waals surface area contributed by atoms with Gasteiger partial charge >= 0.3 is 11.9 Å². The molecule has 4 fully saturated rings. The van der Waals surface area contributed by atoms with Crippen molar-refractivity contribution in [3.63, 3.8) is 0 Å². The summed E-state index contributed by atoms with van der Waals surface area (Å²) >= 11 is 0. The second-order valence-electron chi connectivity index (χ2n) is 12.4. The molecule has 13 nitrogen and oxygen atoms in total. The highest BCUT2D eigenvalue weighted by Crippen LogP contribution is 2.65. The zero-order valence-electron chi connectivity index (χ0n) is 23.6. The molecular formula is C32H22O13. The van der Waals surface area contributed by atoms with Gasteiger partial charge in [-0.25, -0.2) is 0 Å². The number of phenolic OH excluding ortho intramolecular Hbond substituents is 2. The molecule has 2 aromatic carbocycles. The zero-order valence-corrected chi connectivity index (χ0v) is 23.6. The van der Waals surface area contributed by atoms with Gasteiger partial charge in [0.1, 0.15) is 23.7 Å². The maximum absolute atomic E-state index is 14.1. The second-order valence-corrected chi connectivity index (χ2v) is 12.4. The number of aromatic hydroxyl groups is 2. The number of phenols is 2. The lowest BCUT2D eigenvalue weighted by Crippen LogP contribution is -2.63. The summed E-state index contributed by atoms with van der Waals surface area (Å²) in [6, 6.07) is 5.09. The summed E-state index contributed by atoms with van der Waals surface area (Å²) in [6.07, 6.45) is -5.67. The molecule has 0 aromatic heterocycles. The Hall–Kier alpha value is -4.72. The fourth-order valence-electron chi connectivity index (χ4n) is 8.24. The van der Waals surface area contributed by atoms with E-state index < -0.39 is 94.4 Å². The van der Waals surface area contributed by atoms with Crippen LogP contribution in [0.3, 0.4) is 0 Å². The zero-order chi connectivity index (χ0) is 31.5. The van der Waals surface area contributed by atoms with Crippen LogP contribution in [0.4, 0.5) is 0 Å². The molecule has 9 rings (SSSR count). The van der Waals surface area contributed by atoms with E-state index in [1.54, 1.807) is 13.8 Å². The molecule has 7 aliphatic rings. The molecule has 5 heterocycles. The van der Waals surface area contributed by atoms with E-state index in [0.717, 1.165) is 0 Å². The summed E-state index contributed by atoms with van der Waals surface area (Å²) in [4.78, 5) is 79.6. The lowest BCUT2D eigenvalue weighted by atomic mass is 9.66. The average Bonchev–Trinajstić information content (AvgIpc) is 3.42. The molecular weight excluding hydrogens is 592 g/mol. The molecule has 2 aromatic rings. The predicted molar refractivity (Wildman–Crippen MR) is 144 cm³/mol. The van der Waals surface area contributed by atoms with Crippen LogP contribution in [0.1, 0.15) is 68.1 Å². The molecule has 8 atom stereocenters. The fourth-order valence-corrected chi connectivity index (χ4v) is 8.24. The number of epoxide rings is 1. The van der Waals surface area contributed by atoms with Crippen molar-refractivity contribution in [2.75, 3.05) is 0 Å². The number of hydrogen-bond acceptors (Lipinski definition) is 13. The Morgan fingerprint density at radius 1 is 0.689 bits per heavy atom. The lowest BCUT2D eigenvalue weighted by molar-refractivity contribution is -0.146. The largest absolute Gasteiger partial charge is 0.507 e. The van der Waals surface area contributed by atoms with E-state index in [4.69, 9.17) is 23.7 Å². The highest BCUT2D eigenvalue weighted by molar-refractivity contribution is 6.30. The first-order chi connectivity index (χ1) is 21.4. The first-order valence-corrected chi connectivity index (χ1v) is 14.5. The quantitative estimate of drug-likeness (QED) is 0.347. The van der Waals surface area contributed by atoms with Crippen LogP contribution in [0.15, 0.2) is 35.4 Å². The average molecular weight is 615 g/mol. The Labute approximate surface area is 252 Å². The van der Waals surface area contributed by atoms with Crippen molar-refractivity contribution in [3.05, 3.63) is 57.7 Å². The third-order valence-electron chi connectivity index (χ3n) is 10.1. The summed E-state index contributed by atoms with van der Waals surface area (Å²) in [5, 5.41) is 22.2. The Morgan fingerprint density at radius 2 is 1.33 bits per heavy atom. The van der Waals surface area contributed by atoms with Crippen molar-refractivity contribution < 1.29 is 62.7 Å². The van der Waals surface area contributed by atoms with Gasteiger partial charge in [-0.15, -0.1) is 0 Å². The van der Waals surface area contributed by atoms with Gasteiger partial charge in [0.05, 0.1) is 41.7 Å². The van der Waals surface area contributed by atoms with E-state index in [1.165, 1.54) is 24.3 Å². The number of benzene rings is 2. The molecule has 0 bridgehead atoms. The van der Waals surface area contributed by atoms with Gasteiger partial charge in [0, 0.05) is 16.7 Å². The number of carbonyl (C=O) groups excluding carboxylic acids is 6. The molecule has 2 N–H and O–H groups in total. The number of carbonyl (C=O) groups is 6. The SMILES string of the molecule is C[C@@H]1O[C@H]2CC(=O)O[C@H]2C2=C1C(=O)c1cc(-c3cc(O)c4c(c3)C(=O)[C@]35O[C@@]3(C4=O)[C@@H]3OC(=O)C[C@H]3O[C@@H]5C)cc(O)c1C2=O. The first kappa shape index (κ1) is 26.7. The minimum absolute atomic E-state index is 0.0209. The van der Waals surface area contributed by atoms with Crippen LogP contribution >= 0.6 is 0 Å². The number of fused-ring (bicyclic) bond motifs is 5. The van der Waals surface area contributed by atoms with Crippen LogP contribution in [0, 0.1) is 0 Å². The van der Waals surface area contributed by atoms with E-state index in [1.807, 2.05) is 0 Å². The number of esters is 2. The van der Waals surface area contributed by atoms with Crippen molar-refractivity contribution in [1.29, 1.82) is 0 Å². The van der Waals surface area contributed by atoms with Crippen LogP contribution < -0.4 is 0 Å². The van der Waals surface area contributed by atoms with E-state index >= 15 is 0 Å². The Morgan fingerprint density at radius 3 is 2.07 bits per heavy atom. The predicted octanol–water partition coefficient (Wildman–Crippen LogP) is 1.53. The summed E-state index contributed by atoms with van der Waals surface area (Å²) in [5.74, 6) is -4.91. The molecule has 228 valence electrons. The summed E-state index contributed by atoms with van der Waals surface area (Å²) in [5.41, 5.74) is -4.16. The standard InChI is InChI=1S/C32H22O13/c1-9-21-24(27-17(41-9)7-19(35)43-27)26(38)22-13(25(21)37)3-11(5-15(22)33)12-4-14-23(16(34)6-12)29(40)32-30-18(8-20(36)44-30)42-10(2)31(32,45-32)28(14)39/h3-6,9-10,17-18,27,30,33-34H,7-8H2,1-2H3/t9-,10+,17-,18+,27+,30+,31-,32-/m0/s1. The highest BCUT2D eigenvalue weighted by Gasteiger charge is 2.90. The van der Waals surface area contributed by atoms with Gasteiger partial charge in [0.15, 0.2) is 29.4 Å². The molecule has 0 saturated carbocycles. The smallest absolute Gasteiger partial charge is 0.309 e. The number of ketones is 4. The van der Waals surface area contributed by atoms with Crippen LogP contribution in [-0.4, -0.2) is 93.1 Å². The van der Waals surface area contributed by atoms with Crippen molar-refractivity contribution in [2.24, 2.45) is 0 Å². The van der Waals surface area contributed by atoms with Gasteiger partial charge in [-0.1, -0.05) is 0 Å². The topological polar surface area (TPSA) is 192 Å². The molecule has 0 radical (unpaired) electrons. The number of rotatable bonds is 1. The Kier molecular flexibility index (Phi) is 4.80. The Bertz CT molecular complexity index is 1960. The molecule has 5 aliphatic heterocycles. The van der Waals surface area contributed by atoms with Crippen molar-refractivity contribution in [3.8, 4) is 22.6 Å². The lowest BCUT2D eigenvalue weighted by Gasteiger charge is -2.38. The molecule has 0 unspecified atom stereocenters. The molecule has 2 aliphatic carbocycles. The van der Waals surface area contributed by atoms with E-state index in [2.05, 4.69) is 0 Å². The van der Waals surface area contributed by atoms with Crippen LogP contribution in [0.2, 0.25) is 0 Å². The monoisotopic (exact) mass is 614 g/mol. The highest BCUT2D eigenvalue weighted by atomic mass is 16.7. The van der Waals surface area contributed by atoms with Gasteiger partial charge in [0.25, 0.3) is 0 Å². The van der Waals surface area contributed by atoms with Gasteiger partial charge in [0.2, 0.25) is 17.2 Å². The third-order valence-corrected chi connectivity index (χ3v) is 10.1. The minimum Gasteiger partial charge on any atom is -0.507 e. The molecule has 0 amide bonds. The maximum atomic E-state index is 14.1. The third kappa shape index (κ3) is 2.94. The minimum atomic E-state index is -1.82. The van der Waals surface area contributed by atoms with E-state index in [-0.39, 0.29) is 57.4 Å². The van der Waals surface area contributed by atoms with Crippen LogP contribution in [-0.2, 0) is 33.3 Å². The van der Waals surface area contributed by atoms with Crippen molar-refractivity contribution in [1.82, 2.24) is 0 Å². The summed E-state index contributed by atoms with van der Waals surface area (Å²) < 4.78 is 28.4. The van der Waals surface area contributed by atoms with E-state index in [9.17, 15) is 39.0 Å². The van der Waals surface area contributed by atoms with Crippen molar-refractivity contribution >= 4 is 35.1 Å². The fraction of sp³-hybridized carbons (Fsp3) is 0.375. The second kappa shape index (κ2) is 8.10. The van der Waals surface area contributed by atoms with Gasteiger partial charge in [-0.05, 0) is 49.2 Å². The number of Topliss-reactive ketones (excluding diaryl/α,β-unsaturated/α-hetero) is 4. The normalized spacial score (nSPS) is 37.1. The van der Waals surface area contributed by atoms with Crippen LogP contribution in [0.25, 0.3) is 11.1 Å². The number of hydrogen-bond donors (Lipinski definition) is 2. The molecule has 4 saturated heterocycles. The molecule has 13 heteroatoms. The molecule has 0 spiro atoms. The Balaban J connectivity index is 1.16. The number of ether oxygens (including phenoxy) is 5.